The molecule has 21 heavy (non-hydrogen) atoms. The third kappa shape index (κ3) is 4.88. The van der Waals surface area contributed by atoms with Crippen LogP contribution in [0.25, 0.3) is 0 Å². The van der Waals surface area contributed by atoms with Gasteiger partial charge in [0.05, 0.1) is 5.69 Å². The number of aryl methyl sites for hydroxylation is 2. The fourth-order valence-electron chi connectivity index (χ4n) is 1.55. The van der Waals surface area contributed by atoms with E-state index in [-0.39, 0.29) is 13.2 Å². The second-order valence-electron chi connectivity index (χ2n) is 4.68. The highest BCUT2D eigenvalue weighted by Crippen LogP contribution is 2.16. The van der Waals surface area contributed by atoms with Crippen LogP contribution in [0.4, 0.5) is 0 Å². The average molecular weight is 309 g/mol. The van der Waals surface area contributed by atoms with Crippen LogP contribution in [-0.2, 0) is 0 Å². The third-order valence-electron chi connectivity index (χ3n) is 2.89. The molecule has 5 nitrogen and oxygen atoms in total. The molecule has 0 aliphatic heterocycles. The summed E-state index contributed by atoms with van der Waals surface area (Å²) in [6.07, 6.45) is -0.760. The van der Waals surface area contributed by atoms with Crippen molar-refractivity contribution in [3.63, 3.8) is 0 Å². The van der Waals surface area contributed by atoms with Gasteiger partial charge in [-0.2, -0.15) is 5.10 Å². The maximum Gasteiger partial charge on any atom is 0.233 e. The van der Waals surface area contributed by atoms with Crippen LogP contribution < -0.4 is 9.47 Å². The summed E-state index contributed by atoms with van der Waals surface area (Å²) in [4.78, 5) is 0. The van der Waals surface area contributed by atoms with E-state index in [2.05, 4.69) is 10.2 Å². The highest BCUT2D eigenvalue weighted by molar-refractivity contribution is 6.30. The Hall–Kier alpha value is -1.85. The molecule has 0 radical (unpaired) electrons. The van der Waals surface area contributed by atoms with Gasteiger partial charge in [-0.25, -0.2) is 0 Å². The van der Waals surface area contributed by atoms with Crippen molar-refractivity contribution in [1.29, 1.82) is 0 Å². The van der Waals surface area contributed by atoms with Crippen LogP contribution in [0.1, 0.15) is 11.3 Å². The van der Waals surface area contributed by atoms with Gasteiger partial charge in [0, 0.05) is 11.1 Å². The first-order chi connectivity index (χ1) is 10.0. The summed E-state index contributed by atoms with van der Waals surface area (Å²) in [7, 11) is 0. The molecule has 0 saturated heterocycles. The van der Waals surface area contributed by atoms with Crippen LogP contribution in [0.2, 0.25) is 5.02 Å². The first-order valence-corrected chi connectivity index (χ1v) is 6.92. The van der Waals surface area contributed by atoms with Gasteiger partial charge >= 0.3 is 0 Å². The first kappa shape index (κ1) is 15.5. The molecule has 112 valence electrons. The normalized spacial score (nSPS) is 12.0. The molecular formula is C15H17ClN2O3. The second kappa shape index (κ2) is 7.24. The van der Waals surface area contributed by atoms with Crippen LogP contribution >= 0.6 is 11.6 Å². The Balaban J connectivity index is 1.77. The Bertz CT molecular complexity index is 590. The highest BCUT2D eigenvalue weighted by Gasteiger charge is 2.08. The van der Waals surface area contributed by atoms with Crippen LogP contribution in [0.3, 0.4) is 0 Å². The second-order valence-corrected chi connectivity index (χ2v) is 5.12. The molecule has 1 N–H and O–H groups in total. The lowest BCUT2D eigenvalue weighted by Gasteiger charge is -2.13. The monoisotopic (exact) mass is 308 g/mol. The molecule has 1 heterocycles. The molecule has 0 spiro atoms. The van der Waals surface area contributed by atoms with Gasteiger partial charge in [-0.05, 0) is 43.7 Å². The minimum atomic E-state index is -0.760. The van der Waals surface area contributed by atoms with E-state index in [0.717, 1.165) is 11.3 Å². The van der Waals surface area contributed by atoms with Gasteiger partial charge < -0.3 is 14.6 Å². The Morgan fingerprint density at radius 3 is 2.43 bits per heavy atom. The Morgan fingerprint density at radius 1 is 1.10 bits per heavy atom. The summed E-state index contributed by atoms with van der Waals surface area (Å²) in [6.45, 7) is 4.02. The van der Waals surface area contributed by atoms with Crippen LogP contribution in [0.15, 0.2) is 30.3 Å². The summed E-state index contributed by atoms with van der Waals surface area (Å²) < 4.78 is 10.8. The van der Waals surface area contributed by atoms with Crippen molar-refractivity contribution >= 4 is 11.6 Å². The lowest BCUT2D eigenvalue weighted by atomic mass is 10.2. The molecule has 2 rings (SSSR count). The van der Waals surface area contributed by atoms with Crippen molar-refractivity contribution in [1.82, 2.24) is 10.2 Å². The van der Waals surface area contributed by atoms with Crippen molar-refractivity contribution in [2.75, 3.05) is 13.2 Å². The number of rotatable bonds is 6. The zero-order valence-electron chi connectivity index (χ0n) is 11.9. The Morgan fingerprint density at radius 2 is 1.76 bits per heavy atom. The van der Waals surface area contributed by atoms with Crippen molar-refractivity contribution in [2.24, 2.45) is 0 Å². The Labute approximate surface area is 128 Å². The molecule has 0 unspecified atom stereocenters. The fraction of sp³-hybridized carbons (Fsp3) is 0.333. The van der Waals surface area contributed by atoms with Crippen molar-refractivity contribution in [3.05, 3.63) is 46.6 Å². The van der Waals surface area contributed by atoms with E-state index in [9.17, 15) is 5.11 Å². The number of ether oxygens (including phenoxy) is 2. The van der Waals surface area contributed by atoms with Gasteiger partial charge in [-0.3, -0.25) is 0 Å². The van der Waals surface area contributed by atoms with E-state index in [1.54, 1.807) is 30.3 Å². The number of aromatic nitrogens is 2. The van der Waals surface area contributed by atoms with Gasteiger partial charge in [0.1, 0.15) is 25.1 Å². The molecule has 1 aromatic heterocycles. The number of nitrogens with zero attached hydrogens (tertiary/aromatic N) is 2. The van der Waals surface area contributed by atoms with E-state index in [1.807, 2.05) is 13.8 Å². The minimum Gasteiger partial charge on any atom is -0.491 e. The van der Waals surface area contributed by atoms with Crippen molar-refractivity contribution in [3.8, 4) is 11.6 Å². The maximum absolute atomic E-state index is 9.83. The molecule has 0 fully saturated rings. The quantitative estimate of drug-likeness (QED) is 0.888. The third-order valence-corrected chi connectivity index (χ3v) is 3.14. The summed E-state index contributed by atoms with van der Waals surface area (Å²) in [5, 5.41) is 18.3. The lowest BCUT2D eigenvalue weighted by Crippen LogP contribution is -2.25. The highest BCUT2D eigenvalue weighted by atomic mass is 35.5. The molecular weight excluding hydrogens is 292 g/mol. The lowest BCUT2D eigenvalue weighted by molar-refractivity contribution is 0.0606. The van der Waals surface area contributed by atoms with Crippen molar-refractivity contribution < 1.29 is 14.6 Å². The molecule has 6 heteroatoms. The molecule has 0 amide bonds. The van der Waals surface area contributed by atoms with Crippen LogP contribution in [0.5, 0.6) is 11.6 Å². The molecule has 0 bridgehead atoms. The average Bonchev–Trinajstić information content (AvgIpc) is 2.48. The van der Waals surface area contributed by atoms with Gasteiger partial charge in [-0.1, -0.05) is 11.6 Å². The summed E-state index contributed by atoms with van der Waals surface area (Å²) >= 11 is 5.78. The standard InChI is InChI=1S/C15H17ClN2O3/c1-10-7-15(18-17-11(10)2)21-9-13(19)8-20-14-5-3-12(16)4-6-14/h3-7,13,19H,8-9H2,1-2H3/t13-/m1/s1. The molecule has 0 aliphatic carbocycles. The zero-order valence-corrected chi connectivity index (χ0v) is 12.7. The van der Waals surface area contributed by atoms with Gasteiger partial charge in [-0.15, -0.1) is 5.10 Å². The predicted octanol–water partition coefficient (Wildman–Crippen LogP) is 2.57. The Kier molecular flexibility index (Phi) is 5.36. The first-order valence-electron chi connectivity index (χ1n) is 6.55. The van der Waals surface area contributed by atoms with Gasteiger partial charge in [0.2, 0.25) is 5.88 Å². The number of halogens is 1. The largest absolute Gasteiger partial charge is 0.491 e. The number of hydrogen-bond donors (Lipinski definition) is 1. The smallest absolute Gasteiger partial charge is 0.233 e. The topological polar surface area (TPSA) is 64.5 Å². The molecule has 2 aromatic rings. The SMILES string of the molecule is Cc1cc(OC[C@H](O)COc2ccc(Cl)cc2)nnc1C. The molecule has 0 saturated carbocycles. The zero-order chi connectivity index (χ0) is 15.2. The number of aliphatic hydroxyl groups is 1. The molecule has 1 atom stereocenters. The number of benzene rings is 1. The summed E-state index contributed by atoms with van der Waals surface area (Å²) in [6, 6.07) is 8.72. The molecule has 0 aliphatic rings. The van der Waals surface area contributed by atoms with E-state index >= 15 is 0 Å². The number of aliphatic hydroxyl groups excluding tert-OH is 1. The molecule has 1 aromatic carbocycles. The van der Waals surface area contributed by atoms with Gasteiger partial charge in [0.15, 0.2) is 0 Å². The van der Waals surface area contributed by atoms with Crippen LogP contribution in [-0.4, -0.2) is 34.6 Å². The maximum atomic E-state index is 9.83. The van der Waals surface area contributed by atoms with E-state index in [4.69, 9.17) is 21.1 Å². The fourth-order valence-corrected chi connectivity index (χ4v) is 1.67. The van der Waals surface area contributed by atoms with Gasteiger partial charge in [0.25, 0.3) is 0 Å². The van der Waals surface area contributed by atoms with Crippen molar-refractivity contribution in [2.45, 2.75) is 20.0 Å². The predicted molar refractivity (Wildman–Crippen MR) is 80.0 cm³/mol. The number of hydrogen-bond acceptors (Lipinski definition) is 5. The van der Waals surface area contributed by atoms with E-state index < -0.39 is 6.10 Å². The van der Waals surface area contributed by atoms with E-state index in [1.165, 1.54) is 0 Å². The summed E-state index contributed by atoms with van der Waals surface area (Å²) in [5.41, 5.74) is 1.85. The van der Waals surface area contributed by atoms with Crippen LogP contribution in [0, 0.1) is 13.8 Å². The summed E-state index contributed by atoms with van der Waals surface area (Å²) in [5.74, 6) is 1.04. The van der Waals surface area contributed by atoms with E-state index in [0.29, 0.717) is 16.7 Å². The minimum absolute atomic E-state index is 0.0881.